The largest absolute Gasteiger partial charge is 0.511 e. The molecule has 0 aromatic heterocycles. The number of nitrogens with one attached hydrogen (secondary N) is 1. The lowest BCUT2D eigenvalue weighted by Crippen LogP contribution is -2.15. The highest BCUT2D eigenvalue weighted by atomic mass is 16.5. The zero-order valence-corrected chi connectivity index (χ0v) is 16.6. The third kappa shape index (κ3) is 9.34. The number of anilines is 1. The lowest BCUT2D eigenvalue weighted by atomic mass is 10.1. The number of carbonyl (C=O) groups excluding carboxylic acids is 2. The highest BCUT2D eigenvalue weighted by Gasteiger charge is 2.15. The van der Waals surface area contributed by atoms with E-state index in [1.54, 1.807) is 37.3 Å². The van der Waals surface area contributed by atoms with Crippen LogP contribution in [0.1, 0.15) is 45.4 Å². The van der Waals surface area contributed by atoms with Crippen LogP contribution >= 0.6 is 0 Å². The number of unbranched alkanes of at least 4 members (excludes halogenated alkanes) is 2. The van der Waals surface area contributed by atoms with Crippen LogP contribution in [0.3, 0.4) is 0 Å². The van der Waals surface area contributed by atoms with Gasteiger partial charge >= 0.3 is 5.97 Å². The fourth-order valence-electron chi connectivity index (χ4n) is 2.36. The molecule has 0 spiro atoms. The molecule has 1 aromatic rings. The summed E-state index contributed by atoms with van der Waals surface area (Å²) in [6, 6.07) is 8.37. The van der Waals surface area contributed by atoms with E-state index in [2.05, 4.69) is 11.2 Å². The van der Waals surface area contributed by atoms with Crippen LogP contribution in [0, 0.1) is 23.7 Å². The third-order valence-electron chi connectivity index (χ3n) is 3.85. The van der Waals surface area contributed by atoms with Gasteiger partial charge in [-0.2, -0.15) is 5.26 Å². The Morgan fingerprint density at radius 1 is 1.17 bits per heavy atom. The maximum atomic E-state index is 12.1. The average Bonchev–Trinajstić information content (AvgIpc) is 2.71. The smallest absolute Gasteiger partial charge is 0.305 e. The van der Waals surface area contributed by atoms with E-state index >= 15 is 0 Å². The minimum atomic E-state index is -0.697. The minimum absolute atomic E-state index is 0.0688. The first-order valence-electron chi connectivity index (χ1n) is 9.47. The van der Waals surface area contributed by atoms with Crippen molar-refractivity contribution in [2.75, 3.05) is 18.5 Å². The van der Waals surface area contributed by atoms with Crippen molar-refractivity contribution in [3.05, 3.63) is 35.6 Å². The quantitative estimate of drug-likeness (QED) is 0.138. The van der Waals surface area contributed by atoms with Crippen molar-refractivity contribution in [2.24, 2.45) is 0 Å². The zero-order chi connectivity index (χ0) is 21.5. The third-order valence-corrected chi connectivity index (χ3v) is 3.85. The van der Waals surface area contributed by atoms with E-state index < -0.39 is 5.91 Å². The Bertz CT molecular complexity index is 785. The number of ether oxygens (including phenoxy) is 2. The number of rotatable bonds is 12. The van der Waals surface area contributed by atoms with Gasteiger partial charge in [-0.1, -0.05) is 0 Å². The molecule has 0 aliphatic carbocycles. The Morgan fingerprint density at radius 2 is 1.90 bits per heavy atom. The van der Waals surface area contributed by atoms with E-state index in [1.165, 1.54) is 0 Å². The minimum Gasteiger partial charge on any atom is -0.511 e. The molecule has 7 nitrogen and oxygen atoms in total. The number of hydrogen-bond acceptors (Lipinski definition) is 6. The molecule has 1 amide bonds. The number of nitrogens with zero attached hydrogens (tertiary/aromatic N) is 1. The summed E-state index contributed by atoms with van der Waals surface area (Å²) >= 11 is 0. The van der Waals surface area contributed by atoms with Gasteiger partial charge in [0.2, 0.25) is 0 Å². The SMILES string of the molecule is C#CCC/C(O)=C(\C#N)C(=O)Nc1ccc(OCCCCCC(=O)OCC)cc1. The van der Waals surface area contributed by atoms with Gasteiger partial charge in [-0.3, -0.25) is 9.59 Å². The molecule has 0 unspecified atom stereocenters. The highest BCUT2D eigenvalue weighted by molar-refractivity contribution is 6.06. The maximum Gasteiger partial charge on any atom is 0.305 e. The number of allylic oxidation sites excluding steroid dienone is 1. The number of aliphatic hydroxyl groups is 1. The number of esters is 1. The Kier molecular flexibility index (Phi) is 11.1. The van der Waals surface area contributed by atoms with E-state index in [-0.39, 0.29) is 30.1 Å². The molecule has 154 valence electrons. The molecule has 0 fully saturated rings. The van der Waals surface area contributed by atoms with E-state index in [0.717, 1.165) is 19.3 Å². The molecule has 0 radical (unpaired) electrons. The first kappa shape index (κ1) is 23.6. The molecule has 1 rings (SSSR count). The fraction of sp³-hybridized carbons (Fsp3) is 0.409. The van der Waals surface area contributed by atoms with Crippen molar-refractivity contribution in [2.45, 2.75) is 45.4 Å². The van der Waals surface area contributed by atoms with Crippen LogP contribution in [-0.2, 0) is 14.3 Å². The molecule has 0 saturated carbocycles. The second-order valence-electron chi connectivity index (χ2n) is 6.08. The van der Waals surface area contributed by atoms with Crippen molar-refractivity contribution in [1.82, 2.24) is 0 Å². The van der Waals surface area contributed by atoms with E-state index in [9.17, 15) is 14.7 Å². The molecule has 1 aromatic carbocycles. The number of terminal acetylenes is 1. The van der Waals surface area contributed by atoms with Crippen LogP contribution in [0.4, 0.5) is 5.69 Å². The summed E-state index contributed by atoms with van der Waals surface area (Å²) < 4.78 is 10.5. The van der Waals surface area contributed by atoms with Crippen molar-refractivity contribution >= 4 is 17.6 Å². The Labute approximate surface area is 171 Å². The predicted octanol–water partition coefficient (Wildman–Crippen LogP) is 3.88. The number of benzene rings is 1. The number of hydrogen-bond donors (Lipinski definition) is 2. The number of nitriles is 1. The molecule has 0 aliphatic rings. The molecular formula is C22H26N2O5. The predicted molar refractivity (Wildman–Crippen MR) is 109 cm³/mol. The van der Waals surface area contributed by atoms with Gasteiger partial charge in [0.1, 0.15) is 17.6 Å². The first-order valence-corrected chi connectivity index (χ1v) is 9.47. The summed E-state index contributed by atoms with van der Waals surface area (Å²) in [4.78, 5) is 23.4. The Hall–Kier alpha value is -3.45. The van der Waals surface area contributed by atoms with E-state index in [0.29, 0.717) is 31.1 Å². The van der Waals surface area contributed by atoms with Crippen LogP contribution in [0.2, 0.25) is 0 Å². The molecule has 0 saturated heterocycles. The molecular weight excluding hydrogens is 372 g/mol. The van der Waals surface area contributed by atoms with Crippen molar-refractivity contribution in [3.8, 4) is 24.2 Å². The molecule has 0 atom stereocenters. The van der Waals surface area contributed by atoms with E-state index in [4.69, 9.17) is 21.2 Å². The summed E-state index contributed by atoms with van der Waals surface area (Å²) in [6.07, 6.45) is 8.27. The fourth-order valence-corrected chi connectivity index (χ4v) is 2.36. The highest BCUT2D eigenvalue weighted by Crippen LogP contribution is 2.18. The van der Waals surface area contributed by atoms with Gasteiger partial charge in [-0.05, 0) is 50.5 Å². The van der Waals surface area contributed by atoms with Crippen LogP contribution in [0.25, 0.3) is 0 Å². The molecule has 2 N–H and O–H groups in total. The van der Waals surface area contributed by atoms with Gasteiger partial charge in [0, 0.05) is 24.9 Å². The van der Waals surface area contributed by atoms with Crippen molar-refractivity contribution in [3.63, 3.8) is 0 Å². The zero-order valence-electron chi connectivity index (χ0n) is 16.6. The van der Waals surface area contributed by atoms with Crippen LogP contribution in [0.15, 0.2) is 35.6 Å². The Balaban J connectivity index is 2.42. The molecule has 0 aliphatic heterocycles. The van der Waals surface area contributed by atoms with Gasteiger partial charge in [0.05, 0.1) is 13.2 Å². The number of amides is 1. The van der Waals surface area contributed by atoms with Gasteiger partial charge in [0.25, 0.3) is 5.91 Å². The standard InChI is InChI=1S/C22H26N2O5/c1-3-5-9-20(25)19(16-23)22(27)24-17-11-13-18(14-12-17)29-15-8-6-7-10-21(26)28-4-2/h1,11-14,25H,4-10,15H2,2H3,(H,24,27)/b20-19-. The molecule has 7 heteroatoms. The van der Waals surface area contributed by atoms with Crippen LogP contribution in [0.5, 0.6) is 5.75 Å². The monoisotopic (exact) mass is 398 g/mol. The normalized spacial score (nSPS) is 10.9. The van der Waals surface area contributed by atoms with Crippen molar-refractivity contribution < 1.29 is 24.2 Å². The number of carbonyl (C=O) groups is 2. The molecule has 0 heterocycles. The van der Waals surface area contributed by atoms with Crippen LogP contribution < -0.4 is 10.1 Å². The summed E-state index contributed by atoms with van der Waals surface area (Å²) in [5.74, 6) is 1.78. The van der Waals surface area contributed by atoms with E-state index in [1.807, 2.05) is 0 Å². The van der Waals surface area contributed by atoms with Gasteiger partial charge < -0.3 is 19.9 Å². The maximum absolute atomic E-state index is 12.1. The van der Waals surface area contributed by atoms with Gasteiger partial charge in [-0.15, -0.1) is 12.3 Å². The second kappa shape index (κ2) is 13.7. The molecule has 29 heavy (non-hydrogen) atoms. The lowest BCUT2D eigenvalue weighted by Gasteiger charge is -2.09. The summed E-state index contributed by atoms with van der Waals surface area (Å²) in [7, 11) is 0. The lowest BCUT2D eigenvalue weighted by molar-refractivity contribution is -0.143. The summed E-state index contributed by atoms with van der Waals surface area (Å²) in [5, 5.41) is 21.4. The topological polar surface area (TPSA) is 109 Å². The van der Waals surface area contributed by atoms with Gasteiger partial charge in [0.15, 0.2) is 5.57 Å². The first-order chi connectivity index (χ1) is 14.0. The average molecular weight is 398 g/mol. The summed E-state index contributed by atoms with van der Waals surface area (Å²) in [5.41, 5.74) is 0.109. The molecule has 0 bridgehead atoms. The van der Waals surface area contributed by atoms with Crippen LogP contribution in [-0.4, -0.2) is 30.2 Å². The van der Waals surface area contributed by atoms with Crippen molar-refractivity contribution in [1.29, 1.82) is 5.26 Å². The Morgan fingerprint density at radius 3 is 2.52 bits per heavy atom. The summed E-state index contributed by atoms with van der Waals surface area (Å²) in [6.45, 7) is 2.70. The number of aliphatic hydroxyl groups excluding tert-OH is 1. The second-order valence-corrected chi connectivity index (χ2v) is 6.08. The van der Waals surface area contributed by atoms with Gasteiger partial charge in [-0.25, -0.2) is 0 Å².